The van der Waals surface area contributed by atoms with Gasteiger partial charge in [0.1, 0.15) is 0 Å². The van der Waals surface area contributed by atoms with Crippen LogP contribution in [0.3, 0.4) is 0 Å². The molecule has 0 saturated carbocycles. The van der Waals surface area contributed by atoms with Crippen molar-refractivity contribution in [2.45, 2.75) is 45.3 Å². The van der Waals surface area contributed by atoms with E-state index in [9.17, 15) is 0 Å². The summed E-state index contributed by atoms with van der Waals surface area (Å²) in [6.45, 7) is 11.6. The SMILES string of the molecule is CCCCN(C)C(=NCC(C)(C)SC)NCC. The van der Waals surface area contributed by atoms with Gasteiger partial charge in [0.25, 0.3) is 0 Å². The molecular weight excluding hydrogens is 230 g/mol. The summed E-state index contributed by atoms with van der Waals surface area (Å²) in [6.07, 6.45) is 4.58. The number of nitrogens with zero attached hydrogens (tertiary/aromatic N) is 2. The summed E-state index contributed by atoms with van der Waals surface area (Å²) in [5.41, 5.74) is 0. The normalized spacial score (nSPS) is 12.7. The lowest BCUT2D eigenvalue weighted by Gasteiger charge is -2.24. The third-order valence-corrected chi connectivity index (χ3v) is 3.94. The zero-order valence-electron chi connectivity index (χ0n) is 12.3. The van der Waals surface area contributed by atoms with Crippen LogP contribution in [0.1, 0.15) is 40.5 Å². The van der Waals surface area contributed by atoms with E-state index >= 15 is 0 Å². The van der Waals surface area contributed by atoms with Crippen LogP contribution in [0.25, 0.3) is 0 Å². The van der Waals surface area contributed by atoms with Gasteiger partial charge < -0.3 is 10.2 Å². The monoisotopic (exact) mass is 259 g/mol. The van der Waals surface area contributed by atoms with Gasteiger partial charge >= 0.3 is 0 Å². The van der Waals surface area contributed by atoms with Crippen LogP contribution in [0.4, 0.5) is 0 Å². The molecule has 0 aliphatic rings. The number of hydrogen-bond donors (Lipinski definition) is 1. The molecule has 17 heavy (non-hydrogen) atoms. The summed E-state index contributed by atoms with van der Waals surface area (Å²) in [5, 5.41) is 3.35. The molecule has 0 saturated heterocycles. The van der Waals surface area contributed by atoms with Gasteiger partial charge in [-0.3, -0.25) is 4.99 Å². The third kappa shape index (κ3) is 7.53. The first-order chi connectivity index (χ1) is 7.96. The van der Waals surface area contributed by atoms with E-state index in [0.717, 1.165) is 25.6 Å². The second kappa shape index (κ2) is 8.67. The molecule has 0 fully saturated rings. The first-order valence-corrected chi connectivity index (χ1v) is 7.74. The van der Waals surface area contributed by atoms with E-state index in [0.29, 0.717) is 0 Å². The zero-order valence-corrected chi connectivity index (χ0v) is 13.2. The Labute approximate surface area is 111 Å². The van der Waals surface area contributed by atoms with E-state index in [1.807, 2.05) is 11.8 Å². The summed E-state index contributed by atoms with van der Waals surface area (Å²) in [7, 11) is 2.11. The van der Waals surface area contributed by atoms with E-state index in [2.05, 4.69) is 51.2 Å². The molecule has 0 atom stereocenters. The molecule has 1 N–H and O–H groups in total. The molecule has 0 spiro atoms. The van der Waals surface area contributed by atoms with Crippen molar-refractivity contribution in [2.75, 3.05) is 32.9 Å². The third-order valence-electron chi connectivity index (χ3n) is 2.71. The fraction of sp³-hybridized carbons (Fsp3) is 0.923. The standard InChI is InChI=1S/C13H29N3S/c1-7-9-10-16(5)12(14-8-2)15-11-13(3,4)17-6/h7-11H2,1-6H3,(H,14,15). The topological polar surface area (TPSA) is 27.6 Å². The van der Waals surface area contributed by atoms with Crippen LogP contribution in [-0.2, 0) is 0 Å². The fourth-order valence-electron chi connectivity index (χ4n) is 1.30. The van der Waals surface area contributed by atoms with Crippen molar-refractivity contribution in [3.05, 3.63) is 0 Å². The number of hydrogen-bond acceptors (Lipinski definition) is 2. The van der Waals surface area contributed by atoms with E-state index < -0.39 is 0 Å². The summed E-state index contributed by atoms with van der Waals surface area (Å²) < 4.78 is 0.215. The van der Waals surface area contributed by atoms with Crippen molar-refractivity contribution in [2.24, 2.45) is 4.99 Å². The average molecular weight is 259 g/mol. The Kier molecular flexibility index (Phi) is 8.48. The van der Waals surface area contributed by atoms with Gasteiger partial charge in [-0.2, -0.15) is 11.8 Å². The minimum absolute atomic E-state index is 0.215. The summed E-state index contributed by atoms with van der Waals surface area (Å²) >= 11 is 1.86. The summed E-state index contributed by atoms with van der Waals surface area (Å²) in [5.74, 6) is 1.03. The molecule has 0 aromatic carbocycles. The van der Waals surface area contributed by atoms with Gasteiger partial charge in [0.2, 0.25) is 0 Å². The molecule has 3 nitrogen and oxygen atoms in total. The van der Waals surface area contributed by atoms with Gasteiger partial charge in [-0.1, -0.05) is 13.3 Å². The van der Waals surface area contributed by atoms with Gasteiger partial charge in [-0.05, 0) is 33.4 Å². The quantitative estimate of drug-likeness (QED) is 0.563. The van der Waals surface area contributed by atoms with Crippen LogP contribution in [0, 0.1) is 0 Å². The van der Waals surface area contributed by atoms with Gasteiger partial charge in [-0.25, -0.2) is 0 Å². The first kappa shape index (κ1) is 16.6. The van der Waals surface area contributed by atoms with Gasteiger partial charge in [0.15, 0.2) is 5.96 Å². The highest BCUT2D eigenvalue weighted by Crippen LogP contribution is 2.21. The maximum Gasteiger partial charge on any atom is 0.193 e. The summed E-state index contributed by atoms with van der Waals surface area (Å²) in [6, 6.07) is 0. The molecule has 102 valence electrons. The molecule has 0 heterocycles. The van der Waals surface area contributed by atoms with Gasteiger partial charge in [-0.15, -0.1) is 0 Å². The van der Waals surface area contributed by atoms with E-state index in [-0.39, 0.29) is 4.75 Å². The molecule has 0 radical (unpaired) electrons. The number of aliphatic imine (C=N–C) groups is 1. The molecule has 0 aromatic rings. The van der Waals surface area contributed by atoms with E-state index in [1.165, 1.54) is 12.8 Å². The van der Waals surface area contributed by atoms with Crippen LogP contribution in [-0.4, -0.2) is 48.5 Å². The van der Waals surface area contributed by atoms with Crippen molar-refractivity contribution >= 4 is 17.7 Å². The second-order valence-electron chi connectivity index (χ2n) is 4.91. The van der Waals surface area contributed by atoms with Gasteiger partial charge in [0.05, 0.1) is 6.54 Å². The first-order valence-electron chi connectivity index (χ1n) is 6.51. The Hall–Kier alpha value is -0.380. The second-order valence-corrected chi connectivity index (χ2v) is 6.42. The molecule has 0 aliphatic carbocycles. The number of nitrogens with one attached hydrogen (secondary N) is 1. The number of thioether (sulfide) groups is 1. The van der Waals surface area contributed by atoms with Crippen LogP contribution in [0.5, 0.6) is 0 Å². The molecule has 0 aromatic heterocycles. The largest absolute Gasteiger partial charge is 0.357 e. The predicted molar refractivity (Wildman–Crippen MR) is 81.1 cm³/mol. The lowest BCUT2D eigenvalue weighted by Crippen LogP contribution is -2.40. The molecule has 0 aliphatic heterocycles. The van der Waals surface area contributed by atoms with Crippen molar-refractivity contribution in [3.8, 4) is 0 Å². The van der Waals surface area contributed by atoms with Crippen LogP contribution in [0.15, 0.2) is 4.99 Å². The van der Waals surface area contributed by atoms with Crippen molar-refractivity contribution in [1.82, 2.24) is 10.2 Å². The summed E-state index contributed by atoms with van der Waals surface area (Å²) in [4.78, 5) is 6.95. The maximum atomic E-state index is 4.72. The smallest absolute Gasteiger partial charge is 0.193 e. The minimum Gasteiger partial charge on any atom is -0.357 e. The number of unbranched alkanes of at least 4 members (excludes halogenated alkanes) is 1. The highest BCUT2D eigenvalue weighted by atomic mass is 32.2. The molecule has 0 bridgehead atoms. The molecule has 0 rings (SSSR count). The zero-order chi connectivity index (χ0) is 13.3. The van der Waals surface area contributed by atoms with Crippen molar-refractivity contribution in [1.29, 1.82) is 0 Å². The molecule has 0 amide bonds. The van der Waals surface area contributed by atoms with Crippen molar-refractivity contribution in [3.63, 3.8) is 0 Å². The Morgan fingerprint density at radius 2 is 2.00 bits per heavy atom. The number of rotatable bonds is 7. The predicted octanol–water partition coefficient (Wildman–Crippen LogP) is 2.83. The van der Waals surface area contributed by atoms with Crippen LogP contribution >= 0.6 is 11.8 Å². The van der Waals surface area contributed by atoms with E-state index in [4.69, 9.17) is 4.99 Å². The highest BCUT2D eigenvalue weighted by Gasteiger charge is 2.16. The highest BCUT2D eigenvalue weighted by molar-refractivity contribution is 7.99. The minimum atomic E-state index is 0.215. The maximum absolute atomic E-state index is 4.72. The Morgan fingerprint density at radius 1 is 1.35 bits per heavy atom. The molecule has 4 heteroatoms. The Morgan fingerprint density at radius 3 is 2.47 bits per heavy atom. The van der Waals surface area contributed by atoms with E-state index in [1.54, 1.807) is 0 Å². The average Bonchev–Trinajstić information content (AvgIpc) is 2.31. The molecular formula is C13H29N3S. The van der Waals surface area contributed by atoms with Crippen molar-refractivity contribution < 1.29 is 0 Å². The van der Waals surface area contributed by atoms with Gasteiger partial charge in [0, 0.05) is 24.9 Å². The fourth-order valence-corrected chi connectivity index (χ4v) is 1.49. The Bertz CT molecular complexity index is 227. The van der Waals surface area contributed by atoms with Crippen LogP contribution in [0.2, 0.25) is 0 Å². The van der Waals surface area contributed by atoms with Crippen LogP contribution < -0.4 is 5.32 Å². The number of guanidine groups is 1. The lowest BCUT2D eigenvalue weighted by molar-refractivity contribution is 0.463. The molecule has 0 unspecified atom stereocenters. The Balaban J connectivity index is 4.43. The lowest BCUT2D eigenvalue weighted by atomic mass is 10.2.